The number of rotatable bonds is 3. The molecule has 3 unspecified atom stereocenters. The number of nitrogens with two attached hydrogens (primary N) is 1. The van der Waals surface area contributed by atoms with Crippen molar-refractivity contribution in [1.29, 1.82) is 0 Å². The second-order valence-electron chi connectivity index (χ2n) is 5.15. The number of hydrogen-bond acceptors (Lipinski definition) is 4. The molecule has 2 rings (SSSR count). The topological polar surface area (TPSA) is 47.1 Å². The van der Waals surface area contributed by atoms with Gasteiger partial charge in [-0.05, 0) is 13.8 Å². The van der Waals surface area contributed by atoms with Gasteiger partial charge in [0.2, 0.25) is 0 Å². The lowest BCUT2D eigenvalue weighted by atomic mass is 10.0. The van der Waals surface area contributed by atoms with E-state index in [0.29, 0.717) is 23.9 Å². The van der Waals surface area contributed by atoms with E-state index in [-0.39, 0.29) is 0 Å². The molecular weight excluding hydrogens is 244 g/mol. The molecule has 2 N–H and O–H groups in total. The van der Waals surface area contributed by atoms with Gasteiger partial charge < -0.3 is 5.73 Å². The van der Waals surface area contributed by atoms with Crippen molar-refractivity contribution in [2.75, 3.05) is 18.8 Å². The molecule has 4 nitrogen and oxygen atoms in total. The summed E-state index contributed by atoms with van der Waals surface area (Å²) in [6.45, 7) is 8.47. The van der Waals surface area contributed by atoms with Crippen LogP contribution in [0.15, 0.2) is 6.20 Å². The van der Waals surface area contributed by atoms with Gasteiger partial charge in [0, 0.05) is 48.9 Å². The molecule has 1 aromatic rings. The number of aromatic nitrogens is 2. The average Bonchev–Trinajstić information content (AvgIpc) is 2.65. The SMILES string of the molecule is Cc1nn(C)cc1C(CN)N1CCSC(C)C1C. The molecular formula is C13H24N4S. The molecule has 0 amide bonds. The fraction of sp³-hybridized carbons (Fsp3) is 0.769. The van der Waals surface area contributed by atoms with Crippen LogP contribution in [-0.4, -0.2) is 44.8 Å². The van der Waals surface area contributed by atoms with E-state index in [0.717, 1.165) is 12.2 Å². The van der Waals surface area contributed by atoms with Crippen LogP contribution in [0.5, 0.6) is 0 Å². The Balaban J connectivity index is 2.25. The van der Waals surface area contributed by atoms with Gasteiger partial charge in [-0.25, -0.2) is 0 Å². The van der Waals surface area contributed by atoms with Crippen LogP contribution >= 0.6 is 11.8 Å². The number of hydrogen-bond donors (Lipinski definition) is 1. The van der Waals surface area contributed by atoms with E-state index in [4.69, 9.17) is 5.73 Å². The maximum Gasteiger partial charge on any atom is 0.0641 e. The molecule has 1 aliphatic heterocycles. The van der Waals surface area contributed by atoms with Crippen molar-refractivity contribution in [3.8, 4) is 0 Å². The minimum atomic E-state index is 0.303. The second-order valence-corrected chi connectivity index (χ2v) is 6.63. The zero-order valence-electron chi connectivity index (χ0n) is 11.8. The highest BCUT2D eigenvalue weighted by Gasteiger charge is 2.32. The van der Waals surface area contributed by atoms with Gasteiger partial charge in [-0.15, -0.1) is 0 Å². The minimum Gasteiger partial charge on any atom is -0.329 e. The van der Waals surface area contributed by atoms with E-state index in [1.165, 1.54) is 11.3 Å². The zero-order valence-corrected chi connectivity index (χ0v) is 12.6. The van der Waals surface area contributed by atoms with Gasteiger partial charge in [-0.2, -0.15) is 16.9 Å². The summed E-state index contributed by atoms with van der Waals surface area (Å²) in [7, 11) is 1.97. The van der Waals surface area contributed by atoms with Crippen molar-refractivity contribution < 1.29 is 0 Å². The molecule has 0 spiro atoms. The van der Waals surface area contributed by atoms with Crippen molar-refractivity contribution in [2.24, 2.45) is 12.8 Å². The Bertz CT molecular complexity index is 404. The van der Waals surface area contributed by atoms with Crippen molar-refractivity contribution >= 4 is 11.8 Å². The number of aryl methyl sites for hydroxylation is 2. The molecule has 1 aliphatic rings. The molecule has 2 heterocycles. The maximum atomic E-state index is 6.04. The highest BCUT2D eigenvalue weighted by molar-refractivity contribution is 8.00. The number of thioether (sulfide) groups is 1. The number of nitrogens with zero attached hydrogens (tertiary/aromatic N) is 3. The van der Waals surface area contributed by atoms with Crippen LogP contribution in [0.1, 0.15) is 31.1 Å². The van der Waals surface area contributed by atoms with Crippen LogP contribution in [0.3, 0.4) is 0 Å². The molecule has 0 bridgehead atoms. The molecule has 1 fully saturated rings. The van der Waals surface area contributed by atoms with Gasteiger partial charge in [0.25, 0.3) is 0 Å². The quantitative estimate of drug-likeness (QED) is 0.903. The summed E-state index contributed by atoms with van der Waals surface area (Å²) >= 11 is 2.06. The maximum absolute atomic E-state index is 6.04. The fourth-order valence-electron chi connectivity index (χ4n) is 2.78. The first-order chi connectivity index (χ1) is 8.54. The molecule has 0 aliphatic carbocycles. The first-order valence-corrected chi connectivity index (χ1v) is 7.67. The Morgan fingerprint density at radius 1 is 1.56 bits per heavy atom. The predicted molar refractivity (Wildman–Crippen MR) is 77.8 cm³/mol. The van der Waals surface area contributed by atoms with Crippen molar-refractivity contribution in [3.05, 3.63) is 17.5 Å². The standard InChI is InChI=1S/C13H24N4S/c1-9-12(8-16(4)15-9)13(7-14)17-5-6-18-11(3)10(17)2/h8,10-11,13H,5-7,14H2,1-4H3. The summed E-state index contributed by atoms with van der Waals surface area (Å²) in [5.74, 6) is 1.20. The zero-order chi connectivity index (χ0) is 13.3. The van der Waals surface area contributed by atoms with Crippen molar-refractivity contribution in [1.82, 2.24) is 14.7 Å². The van der Waals surface area contributed by atoms with Gasteiger partial charge in [-0.1, -0.05) is 6.92 Å². The highest BCUT2D eigenvalue weighted by Crippen LogP contribution is 2.32. The Morgan fingerprint density at radius 3 is 2.83 bits per heavy atom. The lowest BCUT2D eigenvalue weighted by Crippen LogP contribution is -2.48. The normalized spacial score (nSPS) is 27.4. The lowest BCUT2D eigenvalue weighted by Gasteiger charge is -2.42. The highest BCUT2D eigenvalue weighted by atomic mass is 32.2. The smallest absolute Gasteiger partial charge is 0.0641 e. The van der Waals surface area contributed by atoms with E-state index in [1.807, 2.05) is 11.7 Å². The van der Waals surface area contributed by atoms with Crippen molar-refractivity contribution in [2.45, 2.75) is 38.1 Å². The molecule has 18 heavy (non-hydrogen) atoms. The van der Waals surface area contributed by atoms with Crippen LogP contribution in [0.25, 0.3) is 0 Å². The summed E-state index contributed by atoms with van der Waals surface area (Å²) in [6, 6.07) is 0.869. The van der Waals surface area contributed by atoms with Gasteiger partial charge in [-0.3, -0.25) is 9.58 Å². The molecule has 3 atom stereocenters. The largest absolute Gasteiger partial charge is 0.329 e. The summed E-state index contributed by atoms with van der Waals surface area (Å²) in [5.41, 5.74) is 8.42. The molecule has 0 radical (unpaired) electrons. The predicted octanol–water partition coefficient (Wildman–Crippen LogP) is 1.55. The van der Waals surface area contributed by atoms with Gasteiger partial charge in [0.05, 0.1) is 11.7 Å². The fourth-order valence-corrected chi connectivity index (χ4v) is 3.91. The molecule has 5 heteroatoms. The monoisotopic (exact) mass is 268 g/mol. The molecule has 0 aromatic carbocycles. The minimum absolute atomic E-state index is 0.303. The second kappa shape index (κ2) is 5.63. The van der Waals surface area contributed by atoms with E-state index in [2.05, 4.69) is 48.7 Å². The molecule has 102 valence electrons. The molecule has 1 aromatic heterocycles. The Morgan fingerprint density at radius 2 is 2.28 bits per heavy atom. The van der Waals surface area contributed by atoms with Crippen LogP contribution in [0, 0.1) is 6.92 Å². The van der Waals surface area contributed by atoms with Crippen LogP contribution in [0.2, 0.25) is 0 Å². The third-order valence-electron chi connectivity index (χ3n) is 3.97. The van der Waals surface area contributed by atoms with Gasteiger partial charge >= 0.3 is 0 Å². The first-order valence-electron chi connectivity index (χ1n) is 6.62. The molecule has 1 saturated heterocycles. The van der Waals surface area contributed by atoms with Crippen LogP contribution < -0.4 is 5.73 Å². The van der Waals surface area contributed by atoms with Crippen molar-refractivity contribution in [3.63, 3.8) is 0 Å². The van der Waals surface area contributed by atoms with E-state index < -0.39 is 0 Å². The van der Waals surface area contributed by atoms with Gasteiger partial charge in [0.15, 0.2) is 0 Å². The Labute approximate surface area is 114 Å². The summed E-state index contributed by atoms with van der Waals surface area (Å²) in [5, 5.41) is 5.12. The Kier molecular flexibility index (Phi) is 4.35. The van der Waals surface area contributed by atoms with E-state index in [1.54, 1.807) is 0 Å². The first kappa shape index (κ1) is 13.9. The molecule has 0 saturated carbocycles. The van der Waals surface area contributed by atoms with Gasteiger partial charge in [0.1, 0.15) is 0 Å². The van der Waals surface area contributed by atoms with E-state index >= 15 is 0 Å². The summed E-state index contributed by atoms with van der Waals surface area (Å²) in [4.78, 5) is 2.55. The van der Waals surface area contributed by atoms with E-state index in [9.17, 15) is 0 Å². The lowest BCUT2D eigenvalue weighted by molar-refractivity contribution is 0.150. The average molecular weight is 268 g/mol. The van der Waals surface area contributed by atoms with Crippen LogP contribution in [-0.2, 0) is 7.05 Å². The third-order valence-corrected chi connectivity index (χ3v) is 5.30. The summed E-state index contributed by atoms with van der Waals surface area (Å²) in [6.07, 6.45) is 2.12. The Hall–Kier alpha value is -0.520. The summed E-state index contributed by atoms with van der Waals surface area (Å²) < 4.78 is 1.89. The third kappa shape index (κ3) is 2.58. The van der Waals surface area contributed by atoms with Crippen LogP contribution in [0.4, 0.5) is 0 Å².